The summed E-state index contributed by atoms with van der Waals surface area (Å²) in [6, 6.07) is 15.6. The fraction of sp³-hybridized carbons (Fsp3) is 0.278. The number of nitrogens with zero attached hydrogens (tertiary/aromatic N) is 3. The molecule has 0 spiro atoms. The highest BCUT2D eigenvalue weighted by atomic mass is 35.5. The molecule has 0 aliphatic rings. The molecule has 0 saturated carbocycles. The molecule has 3 rings (SSSR count). The highest BCUT2D eigenvalue weighted by Crippen LogP contribution is 2.27. The first-order chi connectivity index (χ1) is 11.0. The van der Waals surface area contributed by atoms with E-state index in [0.717, 1.165) is 22.4 Å². The second-order valence-electron chi connectivity index (χ2n) is 5.96. The quantitative estimate of drug-likeness (QED) is 0.781. The summed E-state index contributed by atoms with van der Waals surface area (Å²) in [5.41, 5.74) is 2.88. The van der Waals surface area contributed by atoms with Gasteiger partial charge in [-0.3, -0.25) is 0 Å². The van der Waals surface area contributed by atoms with Crippen molar-refractivity contribution in [1.29, 1.82) is 0 Å². The molecule has 0 bridgehead atoms. The lowest BCUT2D eigenvalue weighted by atomic mass is 10.2. The van der Waals surface area contributed by atoms with E-state index >= 15 is 0 Å². The van der Waals surface area contributed by atoms with E-state index < -0.39 is 6.10 Å². The molecule has 5 heteroatoms. The first-order valence-corrected chi connectivity index (χ1v) is 7.96. The smallest absolute Gasteiger partial charge is 0.141 e. The number of imidazole rings is 1. The van der Waals surface area contributed by atoms with Crippen LogP contribution in [-0.4, -0.2) is 46.3 Å². The van der Waals surface area contributed by atoms with Crippen LogP contribution in [0.2, 0.25) is 5.02 Å². The number of hydrogen-bond donors (Lipinski definition) is 1. The van der Waals surface area contributed by atoms with Gasteiger partial charge in [0.15, 0.2) is 0 Å². The Morgan fingerprint density at radius 3 is 2.70 bits per heavy atom. The van der Waals surface area contributed by atoms with Gasteiger partial charge in [-0.05, 0) is 38.4 Å². The Balaban J connectivity index is 2.08. The van der Waals surface area contributed by atoms with Crippen LogP contribution >= 0.6 is 11.6 Å². The summed E-state index contributed by atoms with van der Waals surface area (Å²) >= 11 is 6.13. The minimum Gasteiger partial charge on any atom is -0.390 e. The topological polar surface area (TPSA) is 41.3 Å². The Bertz CT molecular complexity index is 813. The zero-order chi connectivity index (χ0) is 16.4. The molecule has 1 aromatic heterocycles. The molecule has 0 amide bonds. The van der Waals surface area contributed by atoms with E-state index in [1.807, 2.05) is 67.5 Å². The third kappa shape index (κ3) is 3.55. The minimum atomic E-state index is -0.472. The molecule has 120 valence electrons. The van der Waals surface area contributed by atoms with E-state index in [1.54, 1.807) is 0 Å². The molecule has 3 aromatic rings. The number of likely N-dealkylation sites (N-methyl/N-ethyl adjacent to an activating group) is 1. The number of benzene rings is 2. The van der Waals surface area contributed by atoms with Gasteiger partial charge in [0.2, 0.25) is 0 Å². The van der Waals surface area contributed by atoms with Crippen LogP contribution in [0.25, 0.3) is 22.4 Å². The van der Waals surface area contributed by atoms with Crippen LogP contribution in [0.15, 0.2) is 48.5 Å². The van der Waals surface area contributed by atoms with E-state index in [1.165, 1.54) is 0 Å². The van der Waals surface area contributed by atoms with Crippen molar-refractivity contribution in [2.24, 2.45) is 0 Å². The van der Waals surface area contributed by atoms with Crippen molar-refractivity contribution in [3.05, 3.63) is 53.6 Å². The van der Waals surface area contributed by atoms with Crippen LogP contribution in [-0.2, 0) is 6.54 Å². The summed E-state index contributed by atoms with van der Waals surface area (Å²) in [5, 5.41) is 11.0. The number of rotatable bonds is 5. The van der Waals surface area contributed by atoms with E-state index in [0.29, 0.717) is 18.1 Å². The molecule has 0 fully saturated rings. The average molecular weight is 330 g/mol. The molecule has 0 radical (unpaired) electrons. The second kappa shape index (κ2) is 6.71. The molecular weight excluding hydrogens is 310 g/mol. The molecule has 1 unspecified atom stereocenters. The average Bonchev–Trinajstić information content (AvgIpc) is 2.85. The van der Waals surface area contributed by atoms with E-state index in [2.05, 4.69) is 4.57 Å². The van der Waals surface area contributed by atoms with Crippen molar-refractivity contribution in [2.45, 2.75) is 12.6 Å². The normalized spacial score (nSPS) is 12.9. The monoisotopic (exact) mass is 329 g/mol. The molecule has 0 saturated heterocycles. The maximum absolute atomic E-state index is 10.4. The lowest BCUT2D eigenvalue weighted by molar-refractivity contribution is 0.121. The van der Waals surface area contributed by atoms with Crippen LogP contribution < -0.4 is 0 Å². The van der Waals surface area contributed by atoms with Crippen LogP contribution in [0.3, 0.4) is 0 Å². The van der Waals surface area contributed by atoms with Crippen LogP contribution in [0, 0.1) is 0 Å². The fourth-order valence-corrected chi connectivity index (χ4v) is 2.99. The summed E-state index contributed by atoms with van der Waals surface area (Å²) in [6.45, 7) is 1.09. The molecule has 23 heavy (non-hydrogen) atoms. The SMILES string of the molecule is CN(C)CC(O)Cn1c(-c2cccc(Cl)c2)nc2ccccc21. The Hall–Kier alpha value is -1.88. The summed E-state index contributed by atoms with van der Waals surface area (Å²) in [4.78, 5) is 6.71. The minimum absolute atomic E-state index is 0.472. The number of aromatic nitrogens is 2. The van der Waals surface area contributed by atoms with Crippen molar-refractivity contribution in [1.82, 2.24) is 14.5 Å². The predicted octanol–water partition coefficient (Wildman–Crippen LogP) is 3.28. The largest absolute Gasteiger partial charge is 0.390 e. The lowest BCUT2D eigenvalue weighted by Crippen LogP contribution is -2.29. The van der Waals surface area contributed by atoms with Gasteiger partial charge < -0.3 is 14.6 Å². The van der Waals surface area contributed by atoms with E-state index in [4.69, 9.17) is 16.6 Å². The van der Waals surface area contributed by atoms with Gasteiger partial charge in [-0.1, -0.05) is 35.9 Å². The molecule has 1 N–H and O–H groups in total. The number of aliphatic hydroxyl groups excluding tert-OH is 1. The van der Waals surface area contributed by atoms with Crippen LogP contribution in [0.5, 0.6) is 0 Å². The molecular formula is C18H20ClN3O. The Labute approximate surface area is 140 Å². The number of para-hydroxylation sites is 2. The maximum atomic E-state index is 10.4. The van der Waals surface area contributed by atoms with Crippen molar-refractivity contribution in [3.8, 4) is 11.4 Å². The molecule has 0 aliphatic carbocycles. The fourth-order valence-electron chi connectivity index (χ4n) is 2.80. The third-order valence-corrected chi connectivity index (χ3v) is 3.94. The van der Waals surface area contributed by atoms with Gasteiger partial charge in [-0.15, -0.1) is 0 Å². The van der Waals surface area contributed by atoms with Crippen molar-refractivity contribution in [2.75, 3.05) is 20.6 Å². The summed E-state index contributed by atoms with van der Waals surface area (Å²) in [7, 11) is 3.90. The molecule has 0 aliphatic heterocycles. The van der Waals surface area contributed by atoms with Gasteiger partial charge in [0, 0.05) is 17.1 Å². The van der Waals surface area contributed by atoms with Crippen LogP contribution in [0.1, 0.15) is 0 Å². The van der Waals surface area contributed by atoms with Gasteiger partial charge in [-0.25, -0.2) is 4.98 Å². The zero-order valence-corrected chi connectivity index (χ0v) is 14.0. The number of aliphatic hydroxyl groups is 1. The summed E-state index contributed by atoms with van der Waals surface area (Å²) in [6.07, 6.45) is -0.472. The highest BCUT2D eigenvalue weighted by Gasteiger charge is 2.16. The van der Waals surface area contributed by atoms with Crippen molar-refractivity contribution in [3.63, 3.8) is 0 Å². The Morgan fingerprint density at radius 2 is 1.96 bits per heavy atom. The predicted molar refractivity (Wildman–Crippen MR) is 94.7 cm³/mol. The standard InChI is InChI=1S/C18H20ClN3O/c1-21(2)11-15(23)12-22-17-9-4-3-8-16(17)20-18(22)13-6-5-7-14(19)10-13/h3-10,15,23H,11-12H2,1-2H3. The molecule has 1 heterocycles. The van der Waals surface area contributed by atoms with Gasteiger partial charge in [0.25, 0.3) is 0 Å². The van der Waals surface area contributed by atoms with Gasteiger partial charge in [0.1, 0.15) is 5.82 Å². The third-order valence-electron chi connectivity index (χ3n) is 3.71. The Morgan fingerprint density at radius 1 is 1.17 bits per heavy atom. The van der Waals surface area contributed by atoms with Crippen molar-refractivity contribution < 1.29 is 5.11 Å². The summed E-state index contributed by atoms with van der Waals surface area (Å²) < 4.78 is 2.06. The van der Waals surface area contributed by atoms with Gasteiger partial charge >= 0.3 is 0 Å². The number of hydrogen-bond acceptors (Lipinski definition) is 3. The maximum Gasteiger partial charge on any atom is 0.141 e. The second-order valence-corrected chi connectivity index (χ2v) is 6.40. The summed E-state index contributed by atoms with van der Waals surface area (Å²) in [5.74, 6) is 0.825. The number of fused-ring (bicyclic) bond motifs is 1. The highest BCUT2D eigenvalue weighted by molar-refractivity contribution is 6.30. The first kappa shape index (κ1) is 16.0. The molecule has 2 aromatic carbocycles. The zero-order valence-electron chi connectivity index (χ0n) is 13.3. The van der Waals surface area contributed by atoms with Crippen LogP contribution in [0.4, 0.5) is 0 Å². The van der Waals surface area contributed by atoms with E-state index in [9.17, 15) is 5.11 Å². The Kier molecular flexibility index (Phi) is 4.66. The van der Waals surface area contributed by atoms with E-state index in [-0.39, 0.29) is 0 Å². The molecule has 1 atom stereocenters. The first-order valence-electron chi connectivity index (χ1n) is 7.58. The lowest BCUT2D eigenvalue weighted by Gasteiger charge is -2.18. The molecule has 4 nitrogen and oxygen atoms in total. The van der Waals surface area contributed by atoms with Crippen molar-refractivity contribution >= 4 is 22.6 Å². The van der Waals surface area contributed by atoms with Gasteiger partial charge in [0.05, 0.1) is 23.7 Å². The number of halogens is 1. The van der Waals surface area contributed by atoms with Gasteiger partial charge in [-0.2, -0.15) is 0 Å².